The number of hydrogen-bond donors (Lipinski definition) is 0. The van der Waals surface area contributed by atoms with Crippen LogP contribution in [-0.2, 0) is 6.54 Å². The lowest BCUT2D eigenvalue weighted by atomic mass is 10.2. The minimum Gasteiger partial charge on any atom is -0.496 e. The zero-order chi connectivity index (χ0) is 16.4. The average Bonchev–Trinajstić information content (AvgIpc) is 3.02. The van der Waals surface area contributed by atoms with Crippen LogP contribution in [0.4, 0.5) is 0 Å². The Labute approximate surface area is 133 Å². The molecule has 3 aromatic rings. The first-order valence-corrected chi connectivity index (χ1v) is 7.59. The van der Waals surface area contributed by atoms with Crippen LogP contribution in [0, 0.1) is 0 Å². The number of aromatic nitrogens is 5. The minimum absolute atomic E-state index is 0.147. The zero-order valence-electron chi connectivity index (χ0n) is 13.4. The molecule has 1 atom stereocenters. The molecule has 0 aliphatic carbocycles. The molecule has 7 nitrogen and oxygen atoms in total. The van der Waals surface area contributed by atoms with E-state index in [0.29, 0.717) is 16.7 Å². The first kappa shape index (κ1) is 15.2. The number of aryl methyl sites for hydroxylation is 1. The lowest BCUT2D eigenvalue weighted by molar-refractivity contribution is 0.418. The van der Waals surface area contributed by atoms with Gasteiger partial charge in [-0.3, -0.25) is 9.36 Å². The Morgan fingerprint density at radius 3 is 2.87 bits per heavy atom. The summed E-state index contributed by atoms with van der Waals surface area (Å²) in [5.74, 6) is 1.27. The highest BCUT2D eigenvalue weighted by Crippen LogP contribution is 2.21. The SMILES string of the molecule is CCCn1cnnc1[C@H](C)n1cnc2cccc(OC)c2c1=O. The Bertz CT molecular complexity index is 884. The Hall–Kier alpha value is -2.70. The van der Waals surface area contributed by atoms with Gasteiger partial charge in [0, 0.05) is 6.54 Å². The number of hydrogen-bond acceptors (Lipinski definition) is 5. The molecule has 1 aromatic carbocycles. The molecule has 23 heavy (non-hydrogen) atoms. The number of methoxy groups -OCH3 is 1. The summed E-state index contributed by atoms with van der Waals surface area (Å²) < 4.78 is 8.84. The van der Waals surface area contributed by atoms with Crippen LogP contribution in [0.15, 0.2) is 35.6 Å². The molecule has 0 aliphatic heterocycles. The molecule has 0 saturated heterocycles. The van der Waals surface area contributed by atoms with Gasteiger partial charge in [0.25, 0.3) is 5.56 Å². The molecule has 2 heterocycles. The van der Waals surface area contributed by atoms with Gasteiger partial charge in [-0.1, -0.05) is 13.0 Å². The van der Waals surface area contributed by atoms with Gasteiger partial charge in [-0.2, -0.15) is 0 Å². The fourth-order valence-corrected chi connectivity index (χ4v) is 2.72. The fraction of sp³-hybridized carbons (Fsp3) is 0.375. The number of benzene rings is 1. The second kappa shape index (κ2) is 6.20. The third kappa shape index (κ3) is 2.58. The van der Waals surface area contributed by atoms with Crippen LogP contribution in [0.1, 0.15) is 32.1 Å². The zero-order valence-corrected chi connectivity index (χ0v) is 13.4. The van der Waals surface area contributed by atoms with Crippen LogP contribution >= 0.6 is 0 Å². The summed E-state index contributed by atoms with van der Waals surface area (Å²) in [6.07, 6.45) is 4.21. The third-order valence-electron chi connectivity index (χ3n) is 3.89. The summed E-state index contributed by atoms with van der Waals surface area (Å²) in [5, 5.41) is 8.61. The van der Waals surface area contributed by atoms with Crippen molar-refractivity contribution in [2.24, 2.45) is 0 Å². The van der Waals surface area contributed by atoms with Gasteiger partial charge in [0.05, 0.1) is 25.0 Å². The normalized spacial score (nSPS) is 12.5. The van der Waals surface area contributed by atoms with Gasteiger partial charge >= 0.3 is 0 Å². The predicted molar refractivity (Wildman–Crippen MR) is 86.7 cm³/mol. The van der Waals surface area contributed by atoms with Crippen LogP contribution in [0.5, 0.6) is 5.75 Å². The molecule has 0 fully saturated rings. The largest absolute Gasteiger partial charge is 0.496 e. The number of fused-ring (bicyclic) bond motifs is 1. The summed E-state index contributed by atoms with van der Waals surface area (Å²) >= 11 is 0. The summed E-state index contributed by atoms with van der Waals surface area (Å²) in [5.41, 5.74) is 0.471. The van der Waals surface area contributed by atoms with Crippen molar-refractivity contribution in [3.63, 3.8) is 0 Å². The summed E-state index contributed by atoms with van der Waals surface area (Å²) in [4.78, 5) is 17.3. The molecule has 0 bridgehead atoms. The van der Waals surface area contributed by atoms with E-state index in [2.05, 4.69) is 22.1 Å². The van der Waals surface area contributed by atoms with Crippen molar-refractivity contribution in [3.8, 4) is 5.75 Å². The van der Waals surface area contributed by atoms with E-state index in [1.54, 1.807) is 36.5 Å². The summed E-state index contributed by atoms with van der Waals surface area (Å²) in [6.45, 7) is 4.81. The molecule has 120 valence electrons. The van der Waals surface area contributed by atoms with E-state index in [4.69, 9.17) is 4.74 Å². The number of ether oxygens (including phenoxy) is 1. The van der Waals surface area contributed by atoms with E-state index in [1.165, 1.54) is 0 Å². The Kier molecular flexibility index (Phi) is 4.10. The molecular weight excluding hydrogens is 294 g/mol. The molecule has 0 radical (unpaired) electrons. The topological polar surface area (TPSA) is 74.8 Å². The highest BCUT2D eigenvalue weighted by molar-refractivity contribution is 5.83. The van der Waals surface area contributed by atoms with Crippen molar-refractivity contribution in [1.29, 1.82) is 0 Å². The molecule has 0 unspecified atom stereocenters. The maximum absolute atomic E-state index is 12.9. The number of nitrogens with zero attached hydrogens (tertiary/aromatic N) is 5. The summed E-state index contributed by atoms with van der Waals surface area (Å²) in [7, 11) is 1.55. The van der Waals surface area contributed by atoms with Crippen LogP contribution < -0.4 is 10.3 Å². The van der Waals surface area contributed by atoms with Crippen LogP contribution in [0.3, 0.4) is 0 Å². The average molecular weight is 313 g/mol. The van der Waals surface area contributed by atoms with E-state index in [-0.39, 0.29) is 11.6 Å². The molecule has 0 amide bonds. The van der Waals surface area contributed by atoms with E-state index in [0.717, 1.165) is 18.8 Å². The Morgan fingerprint density at radius 2 is 2.13 bits per heavy atom. The van der Waals surface area contributed by atoms with Gasteiger partial charge in [0.1, 0.15) is 17.5 Å². The smallest absolute Gasteiger partial charge is 0.265 e. The van der Waals surface area contributed by atoms with Gasteiger partial charge in [0.2, 0.25) is 0 Å². The molecule has 7 heteroatoms. The quantitative estimate of drug-likeness (QED) is 0.720. The van der Waals surface area contributed by atoms with Crippen molar-refractivity contribution in [1.82, 2.24) is 24.3 Å². The van der Waals surface area contributed by atoms with Crippen molar-refractivity contribution < 1.29 is 4.74 Å². The maximum atomic E-state index is 12.9. The molecule has 0 aliphatic rings. The molecular formula is C16H19N5O2. The lowest BCUT2D eigenvalue weighted by Crippen LogP contribution is -2.26. The molecule has 3 rings (SSSR count). The van der Waals surface area contributed by atoms with Gasteiger partial charge in [-0.25, -0.2) is 4.98 Å². The lowest BCUT2D eigenvalue weighted by Gasteiger charge is -2.16. The van der Waals surface area contributed by atoms with Gasteiger partial charge < -0.3 is 9.30 Å². The van der Waals surface area contributed by atoms with Crippen molar-refractivity contribution in [2.45, 2.75) is 32.9 Å². The highest BCUT2D eigenvalue weighted by atomic mass is 16.5. The van der Waals surface area contributed by atoms with Gasteiger partial charge in [0.15, 0.2) is 5.82 Å². The Morgan fingerprint density at radius 1 is 1.30 bits per heavy atom. The van der Waals surface area contributed by atoms with Gasteiger partial charge in [-0.05, 0) is 25.5 Å². The number of rotatable bonds is 5. The molecule has 0 N–H and O–H groups in total. The van der Waals surface area contributed by atoms with Gasteiger partial charge in [-0.15, -0.1) is 10.2 Å². The van der Waals surface area contributed by atoms with Crippen molar-refractivity contribution >= 4 is 10.9 Å². The minimum atomic E-state index is -0.265. The standard InChI is InChI=1S/C16H19N5O2/c1-4-8-20-10-18-19-15(20)11(2)21-9-17-12-6-5-7-13(23-3)14(12)16(21)22/h5-7,9-11H,4,8H2,1-3H3/t11-/m0/s1. The fourth-order valence-electron chi connectivity index (χ4n) is 2.72. The maximum Gasteiger partial charge on any atom is 0.265 e. The highest BCUT2D eigenvalue weighted by Gasteiger charge is 2.18. The second-order valence-corrected chi connectivity index (χ2v) is 5.37. The van der Waals surface area contributed by atoms with Crippen LogP contribution in [-0.4, -0.2) is 31.4 Å². The van der Waals surface area contributed by atoms with E-state index >= 15 is 0 Å². The predicted octanol–water partition coefficient (Wildman–Crippen LogP) is 2.02. The second-order valence-electron chi connectivity index (χ2n) is 5.37. The van der Waals surface area contributed by atoms with Crippen LogP contribution in [0.2, 0.25) is 0 Å². The van der Waals surface area contributed by atoms with Crippen LogP contribution in [0.25, 0.3) is 10.9 Å². The molecule has 0 saturated carbocycles. The Balaban J connectivity index is 2.14. The first-order valence-electron chi connectivity index (χ1n) is 7.59. The first-order chi connectivity index (χ1) is 11.2. The molecule has 2 aromatic heterocycles. The van der Waals surface area contributed by atoms with E-state index in [1.807, 2.05) is 17.6 Å². The summed E-state index contributed by atoms with van der Waals surface area (Å²) in [6, 6.07) is 5.12. The monoisotopic (exact) mass is 313 g/mol. The van der Waals surface area contributed by atoms with E-state index in [9.17, 15) is 4.79 Å². The molecule has 0 spiro atoms. The third-order valence-corrected chi connectivity index (χ3v) is 3.89. The van der Waals surface area contributed by atoms with E-state index < -0.39 is 0 Å². The van der Waals surface area contributed by atoms with Crippen molar-refractivity contribution in [3.05, 3.63) is 47.0 Å². The van der Waals surface area contributed by atoms with Crippen molar-refractivity contribution in [2.75, 3.05) is 7.11 Å².